The minimum Gasteiger partial charge on any atom is -0.467 e. The van der Waals surface area contributed by atoms with Gasteiger partial charge in [-0.25, -0.2) is 0 Å². The average molecular weight is 336 g/mol. The molecular weight excluding hydrogens is 304 g/mol. The molecule has 0 saturated carbocycles. The number of rotatable bonds is 11. The molecule has 0 aliphatic carbocycles. The largest absolute Gasteiger partial charge is 0.467 e. The smallest absolute Gasteiger partial charge is 0.188 e. The molecular formula is C20H32O4. The van der Waals surface area contributed by atoms with E-state index in [-0.39, 0.29) is 6.29 Å². The van der Waals surface area contributed by atoms with Gasteiger partial charge in [-0.3, -0.25) is 0 Å². The third-order valence-electron chi connectivity index (χ3n) is 4.40. The van der Waals surface area contributed by atoms with Crippen LogP contribution in [0, 0.1) is 6.92 Å². The summed E-state index contributed by atoms with van der Waals surface area (Å²) in [5.41, 5.74) is 2.45. The number of para-hydroxylation sites is 1. The molecule has 0 aromatic heterocycles. The molecule has 0 radical (unpaired) electrons. The van der Waals surface area contributed by atoms with E-state index < -0.39 is 0 Å². The van der Waals surface area contributed by atoms with Crippen molar-refractivity contribution in [3.63, 3.8) is 0 Å². The topological polar surface area (TPSA) is 36.9 Å². The highest BCUT2D eigenvalue weighted by Gasteiger charge is 2.13. The van der Waals surface area contributed by atoms with Gasteiger partial charge in [-0.15, -0.1) is 0 Å². The van der Waals surface area contributed by atoms with Gasteiger partial charge in [0.05, 0.1) is 0 Å². The Kier molecular flexibility index (Phi) is 9.18. The van der Waals surface area contributed by atoms with Gasteiger partial charge >= 0.3 is 0 Å². The Hall–Kier alpha value is -1.10. The summed E-state index contributed by atoms with van der Waals surface area (Å²) in [5.74, 6) is 0.983. The van der Waals surface area contributed by atoms with E-state index in [9.17, 15) is 0 Å². The molecule has 4 heteroatoms. The summed E-state index contributed by atoms with van der Waals surface area (Å²) >= 11 is 0. The lowest BCUT2D eigenvalue weighted by Gasteiger charge is -2.22. The number of benzene rings is 1. The first-order valence-corrected chi connectivity index (χ1v) is 9.24. The molecule has 1 aliphatic rings. The Morgan fingerprint density at radius 1 is 1.12 bits per heavy atom. The lowest BCUT2D eigenvalue weighted by atomic mass is 10.0. The second kappa shape index (κ2) is 11.5. The van der Waals surface area contributed by atoms with Gasteiger partial charge in [-0.2, -0.15) is 0 Å². The summed E-state index contributed by atoms with van der Waals surface area (Å²) in [6.45, 7) is 4.06. The van der Waals surface area contributed by atoms with Crippen LogP contribution in [0.2, 0.25) is 0 Å². The summed E-state index contributed by atoms with van der Waals surface area (Å²) in [6.07, 6.45) is 9.26. The predicted molar refractivity (Wildman–Crippen MR) is 95.4 cm³/mol. The quantitative estimate of drug-likeness (QED) is 0.436. The summed E-state index contributed by atoms with van der Waals surface area (Å²) in [6, 6.07) is 6.34. The van der Waals surface area contributed by atoms with Crippen molar-refractivity contribution in [1.29, 1.82) is 0 Å². The van der Waals surface area contributed by atoms with Crippen LogP contribution in [0.15, 0.2) is 18.2 Å². The fourth-order valence-electron chi connectivity index (χ4n) is 3.06. The zero-order valence-corrected chi connectivity index (χ0v) is 15.2. The van der Waals surface area contributed by atoms with Crippen LogP contribution in [0.25, 0.3) is 0 Å². The lowest BCUT2D eigenvalue weighted by molar-refractivity contribution is -0.162. The second-order valence-electron chi connectivity index (χ2n) is 6.45. The van der Waals surface area contributed by atoms with Gasteiger partial charge in [0.2, 0.25) is 0 Å². The van der Waals surface area contributed by atoms with Crippen LogP contribution in [0.5, 0.6) is 5.75 Å². The van der Waals surface area contributed by atoms with Gasteiger partial charge in [0.25, 0.3) is 0 Å². The molecule has 0 N–H and O–H groups in total. The van der Waals surface area contributed by atoms with Crippen molar-refractivity contribution in [3.8, 4) is 5.75 Å². The Balaban J connectivity index is 1.59. The Bertz CT molecular complexity index is 455. The van der Waals surface area contributed by atoms with Gasteiger partial charge in [0.15, 0.2) is 13.1 Å². The second-order valence-corrected chi connectivity index (χ2v) is 6.45. The Labute approximate surface area is 146 Å². The number of aryl methyl sites for hydroxylation is 2. The van der Waals surface area contributed by atoms with E-state index in [1.165, 1.54) is 43.2 Å². The molecule has 24 heavy (non-hydrogen) atoms. The van der Waals surface area contributed by atoms with Gasteiger partial charge in [0.1, 0.15) is 5.75 Å². The van der Waals surface area contributed by atoms with Gasteiger partial charge in [0, 0.05) is 20.3 Å². The third-order valence-corrected chi connectivity index (χ3v) is 4.40. The molecule has 1 aromatic rings. The van der Waals surface area contributed by atoms with Crippen LogP contribution in [0.1, 0.15) is 56.1 Å². The highest BCUT2D eigenvalue weighted by Crippen LogP contribution is 2.25. The first-order chi connectivity index (χ1) is 11.8. The number of unbranched alkanes of at least 4 members (excludes halogenated alkanes) is 3. The van der Waals surface area contributed by atoms with Crippen molar-refractivity contribution in [3.05, 3.63) is 29.3 Å². The maximum absolute atomic E-state index is 5.77. The van der Waals surface area contributed by atoms with Crippen molar-refractivity contribution in [2.24, 2.45) is 0 Å². The van der Waals surface area contributed by atoms with Gasteiger partial charge in [-0.1, -0.05) is 31.0 Å². The molecule has 1 saturated heterocycles. The van der Waals surface area contributed by atoms with Crippen LogP contribution >= 0.6 is 0 Å². The van der Waals surface area contributed by atoms with Crippen molar-refractivity contribution in [2.45, 2.75) is 64.6 Å². The van der Waals surface area contributed by atoms with E-state index >= 15 is 0 Å². The lowest BCUT2D eigenvalue weighted by Crippen LogP contribution is -2.22. The highest BCUT2D eigenvalue weighted by atomic mass is 16.7. The van der Waals surface area contributed by atoms with Crippen molar-refractivity contribution < 1.29 is 18.9 Å². The molecule has 1 aliphatic heterocycles. The van der Waals surface area contributed by atoms with E-state index in [0.29, 0.717) is 6.79 Å². The SMILES string of the molecule is COCOc1c(C)cccc1CCCCCCOC1CCCCO1. The van der Waals surface area contributed by atoms with E-state index in [1.807, 2.05) is 0 Å². The fraction of sp³-hybridized carbons (Fsp3) is 0.700. The van der Waals surface area contributed by atoms with E-state index in [1.54, 1.807) is 7.11 Å². The number of hydrogen-bond acceptors (Lipinski definition) is 4. The predicted octanol–water partition coefficient (Wildman–Crippen LogP) is 4.62. The zero-order valence-electron chi connectivity index (χ0n) is 15.2. The standard InChI is InChI=1S/C20H32O4/c1-17-10-9-12-18(20(17)24-16-21-2)11-5-3-4-7-14-22-19-13-6-8-15-23-19/h9-10,12,19H,3-8,11,13-16H2,1-2H3. The first kappa shape index (κ1) is 19.2. The summed E-state index contributed by atoms with van der Waals surface area (Å²) in [7, 11) is 1.65. The first-order valence-electron chi connectivity index (χ1n) is 9.24. The maximum Gasteiger partial charge on any atom is 0.188 e. The summed E-state index contributed by atoms with van der Waals surface area (Å²) < 4.78 is 22.1. The van der Waals surface area contributed by atoms with Crippen LogP contribution in [-0.2, 0) is 20.6 Å². The third kappa shape index (κ3) is 6.80. The monoisotopic (exact) mass is 336 g/mol. The fourth-order valence-corrected chi connectivity index (χ4v) is 3.06. The number of ether oxygens (including phenoxy) is 4. The highest BCUT2D eigenvalue weighted by molar-refractivity contribution is 5.40. The van der Waals surface area contributed by atoms with E-state index in [0.717, 1.165) is 38.2 Å². The summed E-state index contributed by atoms with van der Waals surface area (Å²) in [4.78, 5) is 0. The molecule has 2 rings (SSSR count). The minimum atomic E-state index is 0.0477. The number of methoxy groups -OCH3 is 1. The van der Waals surface area contributed by atoms with Gasteiger partial charge in [-0.05, 0) is 56.6 Å². The molecule has 136 valence electrons. The van der Waals surface area contributed by atoms with E-state index in [2.05, 4.69) is 25.1 Å². The molecule has 0 spiro atoms. The molecule has 0 amide bonds. The molecule has 1 aromatic carbocycles. The number of hydrogen-bond donors (Lipinski definition) is 0. The Morgan fingerprint density at radius 2 is 2.00 bits per heavy atom. The van der Waals surface area contributed by atoms with Crippen LogP contribution in [0.4, 0.5) is 0 Å². The van der Waals surface area contributed by atoms with Crippen molar-refractivity contribution in [1.82, 2.24) is 0 Å². The summed E-state index contributed by atoms with van der Waals surface area (Å²) in [5, 5.41) is 0. The van der Waals surface area contributed by atoms with E-state index in [4.69, 9.17) is 18.9 Å². The molecule has 1 heterocycles. The van der Waals surface area contributed by atoms with Crippen LogP contribution in [0.3, 0.4) is 0 Å². The Morgan fingerprint density at radius 3 is 2.79 bits per heavy atom. The van der Waals surface area contributed by atoms with Crippen molar-refractivity contribution >= 4 is 0 Å². The molecule has 1 unspecified atom stereocenters. The average Bonchev–Trinajstić information content (AvgIpc) is 2.61. The normalized spacial score (nSPS) is 17.8. The molecule has 1 atom stereocenters. The van der Waals surface area contributed by atoms with Crippen LogP contribution < -0.4 is 4.74 Å². The van der Waals surface area contributed by atoms with Crippen molar-refractivity contribution in [2.75, 3.05) is 27.1 Å². The molecule has 1 fully saturated rings. The zero-order chi connectivity index (χ0) is 17.0. The van der Waals surface area contributed by atoms with Gasteiger partial charge < -0.3 is 18.9 Å². The maximum atomic E-state index is 5.77. The van der Waals surface area contributed by atoms with Crippen LogP contribution in [-0.4, -0.2) is 33.4 Å². The molecule has 0 bridgehead atoms. The molecule has 4 nitrogen and oxygen atoms in total. The minimum absolute atomic E-state index is 0.0477.